The summed E-state index contributed by atoms with van der Waals surface area (Å²) in [5.41, 5.74) is 5.75. The van der Waals surface area contributed by atoms with Gasteiger partial charge in [-0.25, -0.2) is 12.8 Å². The van der Waals surface area contributed by atoms with Crippen LogP contribution in [0.1, 0.15) is 12.8 Å². The minimum atomic E-state index is -3.80. The van der Waals surface area contributed by atoms with E-state index in [1.54, 1.807) is 0 Å². The van der Waals surface area contributed by atoms with Gasteiger partial charge in [0.25, 0.3) is 0 Å². The van der Waals surface area contributed by atoms with E-state index < -0.39 is 15.8 Å². The van der Waals surface area contributed by atoms with Crippen LogP contribution in [0.3, 0.4) is 0 Å². The summed E-state index contributed by atoms with van der Waals surface area (Å²) in [6.07, 6.45) is 1.64. The van der Waals surface area contributed by atoms with Crippen LogP contribution in [-0.2, 0) is 10.0 Å². The molecule has 0 heterocycles. The highest BCUT2D eigenvalue weighted by Crippen LogP contribution is 2.33. The highest BCUT2D eigenvalue weighted by Gasteiger charge is 2.36. The van der Waals surface area contributed by atoms with Crippen LogP contribution in [0.4, 0.5) is 10.1 Å². The molecule has 17 heavy (non-hydrogen) atoms. The lowest BCUT2D eigenvalue weighted by Crippen LogP contribution is -2.29. The largest absolute Gasteiger partial charge is 0.399 e. The van der Waals surface area contributed by atoms with Crippen molar-refractivity contribution < 1.29 is 12.8 Å². The van der Waals surface area contributed by atoms with Gasteiger partial charge in [0.1, 0.15) is 4.90 Å². The van der Waals surface area contributed by atoms with Crippen LogP contribution in [0.15, 0.2) is 21.5 Å². The Labute approximate surface area is 108 Å². The molecule has 1 aromatic carbocycles. The molecule has 0 unspecified atom stereocenters. The summed E-state index contributed by atoms with van der Waals surface area (Å²) in [6.45, 7) is 0. The van der Waals surface area contributed by atoms with Gasteiger partial charge in [-0.05, 0) is 40.9 Å². The molecular formula is C10H12BrFN2O2S. The van der Waals surface area contributed by atoms with Crippen LogP contribution < -0.4 is 5.73 Å². The minimum absolute atomic E-state index is 0.0143. The number of sulfonamides is 1. The number of nitrogens with zero attached hydrogens (tertiary/aromatic N) is 1. The van der Waals surface area contributed by atoms with Crippen molar-refractivity contribution in [3.8, 4) is 0 Å². The van der Waals surface area contributed by atoms with Gasteiger partial charge in [-0.3, -0.25) is 0 Å². The van der Waals surface area contributed by atoms with Crippen molar-refractivity contribution in [2.75, 3.05) is 12.8 Å². The van der Waals surface area contributed by atoms with Crippen LogP contribution >= 0.6 is 15.9 Å². The van der Waals surface area contributed by atoms with Crippen molar-refractivity contribution in [2.45, 2.75) is 23.8 Å². The molecule has 0 atom stereocenters. The quantitative estimate of drug-likeness (QED) is 0.865. The second kappa shape index (κ2) is 4.22. The van der Waals surface area contributed by atoms with Gasteiger partial charge in [-0.15, -0.1) is 0 Å². The van der Waals surface area contributed by atoms with Crippen molar-refractivity contribution in [3.05, 3.63) is 22.4 Å². The first-order valence-electron chi connectivity index (χ1n) is 5.06. The topological polar surface area (TPSA) is 63.4 Å². The van der Waals surface area contributed by atoms with E-state index in [-0.39, 0.29) is 21.1 Å². The first kappa shape index (κ1) is 12.8. The normalized spacial score (nSPS) is 16.5. The minimum Gasteiger partial charge on any atom is -0.399 e. The maximum absolute atomic E-state index is 13.8. The number of nitrogen functional groups attached to an aromatic ring is 1. The number of rotatable bonds is 3. The number of hydrogen-bond donors (Lipinski definition) is 1. The molecule has 7 heteroatoms. The summed E-state index contributed by atoms with van der Waals surface area (Å²) >= 11 is 2.95. The predicted octanol–water partition coefficient (Wildman–Crippen LogP) is 1.95. The zero-order valence-electron chi connectivity index (χ0n) is 9.15. The summed E-state index contributed by atoms with van der Waals surface area (Å²) in [5.74, 6) is -0.799. The number of benzene rings is 1. The molecule has 0 amide bonds. The molecule has 1 aliphatic carbocycles. The Kier molecular flexibility index (Phi) is 3.17. The maximum Gasteiger partial charge on any atom is 0.246 e. The zero-order chi connectivity index (χ0) is 12.8. The van der Waals surface area contributed by atoms with Crippen LogP contribution in [0.5, 0.6) is 0 Å². The average Bonchev–Trinajstić information content (AvgIpc) is 3.05. The van der Waals surface area contributed by atoms with E-state index in [0.717, 1.165) is 18.9 Å². The van der Waals surface area contributed by atoms with Gasteiger partial charge in [0, 0.05) is 18.8 Å². The number of nitrogens with two attached hydrogens (primary N) is 1. The maximum atomic E-state index is 13.8. The summed E-state index contributed by atoms with van der Waals surface area (Å²) in [6, 6.07) is 2.47. The van der Waals surface area contributed by atoms with Crippen LogP contribution in [0, 0.1) is 5.82 Å². The van der Waals surface area contributed by atoms with Gasteiger partial charge < -0.3 is 5.73 Å². The Morgan fingerprint density at radius 2 is 2.06 bits per heavy atom. The molecule has 2 N–H and O–H groups in total. The molecule has 0 spiro atoms. The molecule has 0 radical (unpaired) electrons. The fourth-order valence-corrected chi connectivity index (χ4v) is 3.71. The van der Waals surface area contributed by atoms with Crippen LogP contribution in [-0.4, -0.2) is 25.8 Å². The lowest BCUT2D eigenvalue weighted by molar-refractivity contribution is 0.457. The molecule has 0 aromatic heterocycles. The van der Waals surface area contributed by atoms with Crippen molar-refractivity contribution in [1.82, 2.24) is 4.31 Å². The van der Waals surface area contributed by atoms with Gasteiger partial charge >= 0.3 is 0 Å². The average molecular weight is 323 g/mol. The van der Waals surface area contributed by atoms with E-state index in [1.807, 2.05) is 0 Å². The monoisotopic (exact) mass is 322 g/mol. The van der Waals surface area contributed by atoms with Crippen LogP contribution in [0.2, 0.25) is 0 Å². The second-order valence-corrected chi connectivity index (χ2v) is 6.89. The van der Waals surface area contributed by atoms with E-state index >= 15 is 0 Å². The molecule has 2 rings (SSSR count). The third kappa shape index (κ3) is 2.31. The molecule has 1 aromatic rings. The van der Waals surface area contributed by atoms with Crippen molar-refractivity contribution in [2.24, 2.45) is 0 Å². The molecule has 94 valence electrons. The summed E-state index contributed by atoms with van der Waals surface area (Å²) in [5, 5.41) is 0. The summed E-state index contributed by atoms with van der Waals surface area (Å²) in [4.78, 5) is -0.376. The summed E-state index contributed by atoms with van der Waals surface area (Å²) < 4.78 is 39.4. The summed E-state index contributed by atoms with van der Waals surface area (Å²) in [7, 11) is -2.34. The Hall–Kier alpha value is -0.660. The van der Waals surface area contributed by atoms with E-state index in [9.17, 15) is 12.8 Å². The Bertz CT molecular complexity index is 558. The Balaban J connectivity index is 2.52. The fourth-order valence-electron chi connectivity index (χ4n) is 1.56. The van der Waals surface area contributed by atoms with Gasteiger partial charge in [-0.2, -0.15) is 4.31 Å². The number of halogens is 2. The first-order chi connectivity index (χ1) is 7.84. The van der Waals surface area contributed by atoms with Crippen molar-refractivity contribution in [1.29, 1.82) is 0 Å². The van der Waals surface area contributed by atoms with Crippen molar-refractivity contribution >= 4 is 31.6 Å². The molecule has 0 saturated heterocycles. The molecule has 0 bridgehead atoms. The molecule has 0 aliphatic heterocycles. The van der Waals surface area contributed by atoms with Gasteiger partial charge in [-0.1, -0.05) is 0 Å². The lowest BCUT2D eigenvalue weighted by atomic mass is 10.3. The third-order valence-corrected chi connectivity index (χ3v) is 5.22. The third-order valence-electron chi connectivity index (χ3n) is 2.74. The van der Waals surface area contributed by atoms with E-state index in [2.05, 4.69) is 15.9 Å². The number of hydrogen-bond acceptors (Lipinski definition) is 3. The zero-order valence-corrected chi connectivity index (χ0v) is 11.6. The lowest BCUT2D eigenvalue weighted by Gasteiger charge is -2.17. The van der Waals surface area contributed by atoms with Crippen molar-refractivity contribution in [3.63, 3.8) is 0 Å². The SMILES string of the molecule is CN(C1CC1)S(=O)(=O)c1cc(N)cc(Br)c1F. The number of anilines is 1. The second-order valence-electron chi connectivity index (χ2n) is 4.07. The molecular weight excluding hydrogens is 311 g/mol. The van der Waals surface area contributed by atoms with Gasteiger partial charge in [0.2, 0.25) is 10.0 Å². The van der Waals surface area contributed by atoms with Crippen LogP contribution in [0.25, 0.3) is 0 Å². The smallest absolute Gasteiger partial charge is 0.246 e. The molecule has 1 fully saturated rings. The van der Waals surface area contributed by atoms with E-state index in [0.29, 0.717) is 0 Å². The standard InChI is InChI=1S/C10H12BrFN2O2S/c1-14(7-2-3-7)17(15,16)9-5-6(13)4-8(11)10(9)12/h4-5,7H,2-3,13H2,1H3. The predicted molar refractivity (Wildman–Crippen MR) is 66.5 cm³/mol. The Morgan fingerprint density at radius 3 is 2.59 bits per heavy atom. The van der Waals surface area contributed by atoms with E-state index in [4.69, 9.17) is 5.73 Å². The first-order valence-corrected chi connectivity index (χ1v) is 7.30. The Morgan fingerprint density at radius 1 is 1.47 bits per heavy atom. The molecule has 4 nitrogen and oxygen atoms in total. The van der Waals surface area contributed by atoms with E-state index in [1.165, 1.54) is 17.4 Å². The van der Waals surface area contributed by atoms with Gasteiger partial charge in [0.05, 0.1) is 4.47 Å². The highest BCUT2D eigenvalue weighted by atomic mass is 79.9. The highest BCUT2D eigenvalue weighted by molar-refractivity contribution is 9.10. The molecule has 1 saturated carbocycles. The molecule has 1 aliphatic rings. The fraction of sp³-hybridized carbons (Fsp3) is 0.400. The van der Waals surface area contributed by atoms with Gasteiger partial charge in [0.15, 0.2) is 5.82 Å².